The number of methoxy groups -OCH3 is 3. The minimum absolute atomic E-state index is 0.0293. The Morgan fingerprint density at radius 3 is 2.53 bits per heavy atom. The first-order valence-electron chi connectivity index (χ1n) is 9.53. The summed E-state index contributed by atoms with van der Waals surface area (Å²) in [7, 11) is 4.94. The van der Waals surface area contributed by atoms with Gasteiger partial charge in [0.05, 0.1) is 33.1 Å². The quantitative estimate of drug-likeness (QED) is 0.463. The molecule has 0 radical (unpaired) electrons. The summed E-state index contributed by atoms with van der Waals surface area (Å²) in [6.45, 7) is 2.54. The lowest BCUT2D eigenvalue weighted by Crippen LogP contribution is -2.14. The van der Waals surface area contributed by atoms with Crippen molar-refractivity contribution in [2.45, 2.75) is 13.0 Å². The lowest BCUT2D eigenvalue weighted by Gasteiger charge is -2.15. The van der Waals surface area contributed by atoms with Crippen molar-refractivity contribution in [3.05, 3.63) is 48.9 Å². The molecule has 0 N–H and O–H groups in total. The highest BCUT2D eigenvalue weighted by Crippen LogP contribution is 2.35. The zero-order valence-corrected chi connectivity index (χ0v) is 17.4. The third-order valence-electron chi connectivity index (χ3n) is 4.90. The van der Waals surface area contributed by atoms with Crippen molar-refractivity contribution < 1.29 is 14.2 Å². The summed E-state index contributed by atoms with van der Waals surface area (Å²) in [5.74, 6) is 2.71. The third kappa shape index (κ3) is 3.57. The molecule has 8 heteroatoms. The Bertz CT molecular complexity index is 1160. The lowest BCUT2D eigenvalue weighted by atomic mass is 10.0. The van der Waals surface area contributed by atoms with Gasteiger partial charge in [-0.25, -0.2) is 14.6 Å². The molecule has 3 heterocycles. The van der Waals surface area contributed by atoms with E-state index in [4.69, 9.17) is 24.3 Å². The van der Waals surface area contributed by atoms with Crippen LogP contribution in [0.4, 0.5) is 0 Å². The highest BCUT2D eigenvalue weighted by atomic mass is 16.5. The molecule has 0 amide bonds. The summed E-state index contributed by atoms with van der Waals surface area (Å²) in [5.41, 5.74) is 1.57. The summed E-state index contributed by atoms with van der Waals surface area (Å²) < 4.78 is 18.0. The molecule has 0 saturated heterocycles. The molecule has 0 fully saturated rings. The smallest absolute Gasteiger partial charge is 0.200 e. The Kier molecular flexibility index (Phi) is 5.58. The van der Waals surface area contributed by atoms with E-state index in [1.165, 1.54) is 0 Å². The molecule has 8 nitrogen and oxygen atoms in total. The second-order valence-corrected chi connectivity index (χ2v) is 6.83. The maximum absolute atomic E-state index is 5.52. The topological polar surface area (TPSA) is 84.2 Å². The summed E-state index contributed by atoms with van der Waals surface area (Å²) in [4.78, 5) is 13.6. The number of aromatic nitrogens is 5. The van der Waals surface area contributed by atoms with Crippen LogP contribution in [0.3, 0.4) is 0 Å². The van der Waals surface area contributed by atoms with Gasteiger partial charge in [0.25, 0.3) is 0 Å². The van der Waals surface area contributed by atoms with E-state index in [0.29, 0.717) is 29.7 Å². The molecule has 4 aromatic rings. The van der Waals surface area contributed by atoms with Crippen LogP contribution in [0.1, 0.15) is 13.0 Å². The van der Waals surface area contributed by atoms with Crippen molar-refractivity contribution >= 4 is 10.8 Å². The summed E-state index contributed by atoms with van der Waals surface area (Å²) >= 11 is 0. The van der Waals surface area contributed by atoms with Gasteiger partial charge in [-0.05, 0) is 37.3 Å². The van der Waals surface area contributed by atoms with Crippen LogP contribution < -0.4 is 9.47 Å². The molecule has 0 bridgehead atoms. The van der Waals surface area contributed by atoms with E-state index in [1.54, 1.807) is 33.7 Å². The number of fused-ring (bicyclic) bond motifs is 1. The largest absolute Gasteiger partial charge is 0.496 e. The van der Waals surface area contributed by atoms with Crippen LogP contribution in [-0.2, 0) is 4.74 Å². The van der Waals surface area contributed by atoms with Gasteiger partial charge < -0.3 is 14.2 Å². The van der Waals surface area contributed by atoms with Crippen molar-refractivity contribution in [3.8, 4) is 34.4 Å². The number of pyridine rings is 2. The number of ether oxygens (including phenoxy) is 3. The fourth-order valence-electron chi connectivity index (χ4n) is 3.40. The minimum Gasteiger partial charge on any atom is -0.496 e. The average Bonchev–Trinajstić information content (AvgIpc) is 3.24. The molecule has 3 aromatic heterocycles. The zero-order valence-electron chi connectivity index (χ0n) is 17.4. The number of rotatable bonds is 7. The van der Waals surface area contributed by atoms with Gasteiger partial charge in [-0.1, -0.05) is 0 Å². The van der Waals surface area contributed by atoms with E-state index in [9.17, 15) is 0 Å². The molecule has 0 aliphatic heterocycles. The first-order valence-corrected chi connectivity index (χ1v) is 9.53. The second-order valence-electron chi connectivity index (χ2n) is 6.83. The number of hydrogen-bond acceptors (Lipinski definition) is 7. The molecule has 0 saturated carbocycles. The van der Waals surface area contributed by atoms with Gasteiger partial charge >= 0.3 is 0 Å². The molecule has 0 aliphatic rings. The van der Waals surface area contributed by atoms with Crippen LogP contribution in [0.5, 0.6) is 11.5 Å². The van der Waals surface area contributed by atoms with Crippen molar-refractivity contribution in [1.82, 2.24) is 24.7 Å². The maximum Gasteiger partial charge on any atom is 0.200 e. The third-order valence-corrected chi connectivity index (χ3v) is 4.90. The van der Waals surface area contributed by atoms with Crippen LogP contribution in [0.2, 0.25) is 0 Å². The predicted octanol–water partition coefficient (Wildman–Crippen LogP) is 3.78. The Morgan fingerprint density at radius 1 is 0.967 bits per heavy atom. The van der Waals surface area contributed by atoms with Gasteiger partial charge in [-0.3, -0.25) is 4.98 Å². The summed E-state index contributed by atoms with van der Waals surface area (Å²) in [6.07, 6.45) is 5.22. The minimum atomic E-state index is -0.0293. The molecular formula is C22H23N5O3. The SMILES string of the molecule is COCC(C)n1nc(-c2ccc(OC)cn2)nc1-c1ccc(OC)c2ccncc12. The summed E-state index contributed by atoms with van der Waals surface area (Å²) in [5, 5.41) is 6.65. The average molecular weight is 405 g/mol. The fraction of sp³-hybridized carbons (Fsp3) is 0.273. The van der Waals surface area contributed by atoms with E-state index in [2.05, 4.69) is 9.97 Å². The first-order chi connectivity index (χ1) is 14.7. The monoisotopic (exact) mass is 405 g/mol. The van der Waals surface area contributed by atoms with Crippen LogP contribution in [0, 0.1) is 0 Å². The molecule has 4 rings (SSSR count). The van der Waals surface area contributed by atoms with Crippen molar-refractivity contribution in [1.29, 1.82) is 0 Å². The van der Waals surface area contributed by atoms with Crippen LogP contribution in [0.25, 0.3) is 33.7 Å². The van der Waals surface area contributed by atoms with Gasteiger partial charge in [0.1, 0.15) is 17.2 Å². The maximum atomic E-state index is 5.52. The molecule has 0 aliphatic carbocycles. The van der Waals surface area contributed by atoms with Crippen LogP contribution in [0.15, 0.2) is 48.9 Å². The molecule has 1 atom stereocenters. The molecule has 1 aromatic carbocycles. The van der Waals surface area contributed by atoms with Gasteiger partial charge in [0, 0.05) is 35.8 Å². The number of hydrogen-bond donors (Lipinski definition) is 0. The highest BCUT2D eigenvalue weighted by molar-refractivity contribution is 5.98. The fourth-order valence-corrected chi connectivity index (χ4v) is 3.40. The predicted molar refractivity (Wildman–Crippen MR) is 114 cm³/mol. The van der Waals surface area contributed by atoms with Crippen LogP contribution >= 0.6 is 0 Å². The van der Waals surface area contributed by atoms with E-state index in [1.807, 2.05) is 48.1 Å². The highest BCUT2D eigenvalue weighted by Gasteiger charge is 2.21. The lowest BCUT2D eigenvalue weighted by molar-refractivity contribution is 0.157. The molecule has 30 heavy (non-hydrogen) atoms. The zero-order chi connectivity index (χ0) is 21.1. The molecular weight excluding hydrogens is 382 g/mol. The van der Waals surface area contributed by atoms with Crippen molar-refractivity contribution in [3.63, 3.8) is 0 Å². The van der Waals surface area contributed by atoms with E-state index in [-0.39, 0.29) is 6.04 Å². The first kappa shape index (κ1) is 19.8. The Labute approximate surface area is 174 Å². The van der Waals surface area contributed by atoms with Crippen molar-refractivity contribution in [2.75, 3.05) is 27.9 Å². The Balaban J connectivity index is 1.90. The Morgan fingerprint density at radius 2 is 1.83 bits per heavy atom. The van der Waals surface area contributed by atoms with E-state index >= 15 is 0 Å². The van der Waals surface area contributed by atoms with Gasteiger partial charge in [0.2, 0.25) is 0 Å². The van der Waals surface area contributed by atoms with Gasteiger partial charge in [-0.15, -0.1) is 5.10 Å². The van der Waals surface area contributed by atoms with E-state index < -0.39 is 0 Å². The van der Waals surface area contributed by atoms with Crippen molar-refractivity contribution in [2.24, 2.45) is 0 Å². The van der Waals surface area contributed by atoms with Gasteiger partial charge in [0.15, 0.2) is 11.6 Å². The molecule has 1 unspecified atom stereocenters. The normalized spacial score (nSPS) is 12.1. The summed E-state index contributed by atoms with van der Waals surface area (Å²) in [6, 6.07) is 9.50. The number of nitrogens with zero attached hydrogens (tertiary/aromatic N) is 5. The Hall–Kier alpha value is -3.52. The van der Waals surface area contributed by atoms with Gasteiger partial charge in [-0.2, -0.15) is 0 Å². The molecule has 154 valence electrons. The number of benzene rings is 1. The van der Waals surface area contributed by atoms with Crippen LogP contribution in [-0.4, -0.2) is 52.7 Å². The standard InChI is InChI=1S/C22H23N5O3/c1-14(13-28-2)27-22(25-21(26-27)19-7-5-15(29-3)11-24-19)17-6-8-20(30-4)16-9-10-23-12-18(16)17/h5-12,14H,13H2,1-4H3. The molecule has 0 spiro atoms. The van der Waals surface area contributed by atoms with E-state index in [0.717, 1.165) is 22.1 Å². The second kappa shape index (κ2) is 8.46.